The van der Waals surface area contributed by atoms with Crippen LogP contribution in [0.2, 0.25) is 0 Å². The van der Waals surface area contributed by atoms with Gasteiger partial charge in [-0.3, -0.25) is 9.78 Å². The van der Waals surface area contributed by atoms with Crippen molar-refractivity contribution in [1.82, 2.24) is 9.55 Å². The third kappa shape index (κ3) is 3.01. The molecule has 1 aliphatic heterocycles. The highest BCUT2D eigenvalue weighted by atomic mass is 16.6. The first kappa shape index (κ1) is 18.7. The fourth-order valence-electron chi connectivity index (χ4n) is 3.56. The van der Waals surface area contributed by atoms with Crippen LogP contribution in [-0.2, 0) is 4.74 Å². The summed E-state index contributed by atoms with van der Waals surface area (Å²) in [6.07, 6.45) is -1.93. The molecule has 28 heavy (non-hydrogen) atoms. The number of ketones is 1. The van der Waals surface area contributed by atoms with Crippen LogP contribution in [-0.4, -0.2) is 66.8 Å². The summed E-state index contributed by atoms with van der Waals surface area (Å²) in [5.41, 5.74) is 1.42. The van der Waals surface area contributed by atoms with Crippen LogP contribution in [0, 0.1) is 0 Å². The SMILES string of the molecule is O=C(c1cccnc1)c1cn(C2OC(CO)C(O)C(O)C2O)c2ccccc12. The van der Waals surface area contributed by atoms with Crippen LogP contribution in [0.25, 0.3) is 10.9 Å². The zero-order chi connectivity index (χ0) is 19.8. The number of pyridine rings is 1. The van der Waals surface area contributed by atoms with Gasteiger partial charge in [0.25, 0.3) is 0 Å². The number of para-hydroxylation sites is 1. The number of hydrogen-bond acceptors (Lipinski definition) is 7. The summed E-state index contributed by atoms with van der Waals surface area (Å²) in [6, 6.07) is 10.4. The molecule has 146 valence electrons. The maximum Gasteiger partial charge on any atom is 0.196 e. The molecule has 4 N–H and O–H groups in total. The van der Waals surface area contributed by atoms with Gasteiger partial charge in [0.15, 0.2) is 12.0 Å². The van der Waals surface area contributed by atoms with Crippen LogP contribution in [0.3, 0.4) is 0 Å². The number of carbonyl (C=O) groups excluding carboxylic acids is 1. The van der Waals surface area contributed by atoms with E-state index in [2.05, 4.69) is 4.98 Å². The van der Waals surface area contributed by atoms with Gasteiger partial charge in [-0.15, -0.1) is 0 Å². The Morgan fingerprint density at radius 3 is 2.57 bits per heavy atom. The van der Waals surface area contributed by atoms with Gasteiger partial charge in [-0.1, -0.05) is 18.2 Å². The molecule has 0 aliphatic carbocycles. The summed E-state index contributed by atoms with van der Waals surface area (Å²) < 4.78 is 7.20. The molecule has 5 atom stereocenters. The standard InChI is InChI=1S/C20H20N2O6/c23-10-15-17(25)18(26)19(27)20(28-15)22-9-13(12-5-1-2-6-14(12)22)16(24)11-4-3-7-21-8-11/h1-9,15,17-20,23,25-27H,10H2. The molecule has 3 heterocycles. The second kappa shape index (κ2) is 7.42. The van der Waals surface area contributed by atoms with Crippen molar-refractivity contribution in [3.63, 3.8) is 0 Å². The highest BCUT2D eigenvalue weighted by Crippen LogP contribution is 2.33. The van der Waals surface area contributed by atoms with Crippen LogP contribution >= 0.6 is 0 Å². The molecule has 1 fully saturated rings. The lowest BCUT2D eigenvalue weighted by Gasteiger charge is -2.40. The Hall–Kier alpha value is -2.62. The fourth-order valence-corrected chi connectivity index (χ4v) is 3.56. The minimum Gasteiger partial charge on any atom is -0.394 e. The molecule has 8 nitrogen and oxygen atoms in total. The minimum atomic E-state index is -1.51. The molecule has 1 aromatic carbocycles. The van der Waals surface area contributed by atoms with Gasteiger partial charge in [0.2, 0.25) is 0 Å². The third-order valence-electron chi connectivity index (χ3n) is 5.05. The van der Waals surface area contributed by atoms with Crippen LogP contribution in [0.4, 0.5) is 0 Å². The molecular weight excluding hydrogens is 364 g/mol. The highest BCUT2D eigenvalue weighted by molar-refractivity contribution is 6.16. The molecule has 0 spiro atoms. The van der Waals surface area contributed by atoms with E-state index in [1.54, 1.807) is 53.4 Å². The smallest absolute Gasteiger partial charge is 0.196 e. The number of ether oxygens (including phenoxy) is 1. The summed E-state index contributed by atoms with van der Waals surface area (Å²) in [5, 5.41) is 40.7. The van der Waals surface area contributed by atoms with Gasteiger partial charge in [0.1, 0.15) is 24.4 Å². The summed E-state index contributed by atoms with van der Waals surface area (Å²) in [6.45, 7) is -0.526. The maximum absolute atomic E-state index is 13.0. The zero-order valence-electron chi connectivity index (χ0n) is 14.8. The Morgan fingerprint density at radius 1 is 1.07 bits per heavy atom. The molecule has 1 aliphatic rings. The van der Waals surface area contributed by atoms with E-state index < -0.39 is 37.3 Å². The molecule has 2 aromatic heterocycles. The van der Waals surface area contributed by atoms with E-state index in [1.165, 1.54) is 6.20 Å². The van der Waals surface area contributed by atoms with Gasteiger partial charge >= 0.3 is 0 Å². The van der Waals surface area contributed by atoms with Gasteiger partial charge in [0.05, 0.1) is 12.1 Å². The molecule has 0 radical (unpaired) electrons. The third-order valence-corrected chi connectivity index (χ3v) is 5.05. The topological polar surface area (TPSA) is 125 Å². The first-order valence-electron chi connectivity index (χ1n) is 8.87. The average Bonchev–Trinajstić information content (AvgIpc) is 3.12. The Labute approximate surface area is 160 Å². The number of hydrogen-bond donors (Lipinski definition) is 4. The van der Waals surface area contributed by atoms with E-state index in [0.717, 1.165) is 0 Å². The summed E-state index contributed by atoms with van der Waals surface area (Å²) in [4.78, 5) is 17.0. The first-order valence-corrected chi connectivity index (χ1v) is 8.87. The summed E-state index contributed by atoms with van der Waals surface area (Å²) in [5.74, 6) is -0.243. The number of rotatable bonds is 4. The van der Waals surface area contributed by atoms with Crippen molar-refractivity contribution in [2.75, 3.05) is 6.61 Å². The lowest BCUT2D eigenvalue weighted by molar-refractivity contribution is -0.250. The number of carbonyl (C=O) groups is 1. The van der Waals surface area contributed by atoms with Crippen molar-refractivity contribution in [3.05, 3.63) is 66.1 Å². The van der Waals surface area contributed by atoms with Gasteiger partial charge in [-0.25, -0.2) is 0 Å². The molecule has 0 amide bonds. The Bertz CT molecular complexity index is 987. The van der Waals surface area contributed by atoms with Gasteiger partial charge in [-0.05, 0) is 18.2 Å². The van der Waals surface area contributed by atoms with Crippen LogP contribution in [0.1, 0.15) is 22.1 Å². The predicted octanol–water partition coefficient (Wildman–Crippen LogP) is 0.240. The maximum atomic E-state index is 13.0. The minimum absolute atomic E-state index is 0.243. The van der Waals surface area contributed by atoms with E-state index in [0.29, 0.717) is 22.0 Å². The average molecular weight is 384 g/mol. The molecule has 0 bridgehead atoms. The summed E-state index contributed by atoms with van der Waals surface area (Å²) >= 11 is 0. The number of aliphatic hydroxyl groups excluding tert-OH is 4. The lowest BCUT2D eigenvalue weighted by atomic mass is 9.98. The van der Waals surface area contributed by atoms with Gasteiger partial charge in [0, 0.05) is 35.1 Å². The Morgan fingerprint density at radius 2 is 1.86 bits per heavy atom. The van der Waals surface area contributed by atoms with Crippen LogP contribution < -0.4 is 0 Å². The largest absolute Gasteiger partial charge is 0.394 e. The van der Waals surface area contributed by atoms with E-state index >= 15 is 0 Å². The molecule has 0 saturated carbocycles. The van der Waals surface area contributed by atoms with Crippen molar-refractivity contribution < 1.29 is 30.0 Å². The quantitative estimate of drug-likeness (QED) is 0.475. The number of aliphatic hydroxyl groups is 4. The molecule has 5 unspecified atom stereocenters. The lowest BCUT2D eigenvalue weighted by Crippen LogP contribution is -2.56. The normalized spacial score (nSPS) is 27.8. The van der Waals surface area contributed by atoms with E-state index in [9.17, 15) is 25.2 Å². The van der Waals surface area contributed by atoms with Gasteiger partial charge < -0.3 is 29.7 Å². The van der Waals surface area contributed by atoms with Crippen molar-refractivity contribution in [2.24, 2.45) is 0 Å². The van der Waals surface area contributed by atoms with Crippen molar-refractivity contribution in [2.45, 2.75) is 30.6 Å². The number of benzene rings is 1. The van der Waals surface area contributed by atoms with Crippen LogP contribution in [0.5, 0.6) is 0 Å². The van der Waals surface area contributed by atoms with Gasteiger partial charge in [-0.2, -0.15) is 0 Å². The Kier molecular flexibility index (Phi) is 4.96. The van der Waals surface area contributed by atoms with E-state index in [4.69, 9.17) is 4.74 Å². The molecule has 4 rings (SSSR count). The molecule has 8 heteroatoms. The zero-order valence-corrected chi connectivity index (χ0v) is 14.8. The molecular formula is C20H20N2O6. The first-order chi connectivity index (χ1) is 13.5. The van der Waals surface area contributed by atoms with E-state index in [-0.39, 0.29) is 5.78 Å². The fraction of sp³-hybridized carbons (Fsp3) is 0.300. The van der Waals surface area contributed by atoms with Crippen molar-refractivity contribution >= 4 is 16.7 Å². The number of fused-ring (bicyclic) bond motifs is 1. The molecule has 1 saturated heterocycles. The number of aromatic nitrogens is 2. The second-order valence-electron chi connectivity index (χ2n) is 6.76. The van der Waals surface area contributed by atoms with Crippen LogP contribution in [0.15, 0.2) is 55.0 Å². The van der Waals surface area contributed by atoms with E-state index in [1.807, 2.05) is 0 Å². The van der Waals surface area contributed by atoms with Crippen molar-refractivity contribution in [1.29, 1.82) is 0 Å². The monoisotopic (exact) mass is 384 g/mol. The number of nitrogens with zero attached hydrogens (tertiary/aromatic N) is 2. The Balaban J connectivity index is 1.81. The summed E-state index contributed by atoms with van der Waals surface area (Å²) in [7, 11) is 0. The highest BCUT2D eigenvalue weighted by Gasteiger charge is 2.44. The second-order valence-corrected chi connectivity index (χ2v) is 6.76. The molecule has 3 aromatic rings. The van der Waals surface area contributed by atoms with Crippen molar-refractivity contribution in [3.8, 4) is 0 Å². The predicted molar refractivity (Wildman–Crippen MR) is 98.6 cm³/mol.